The van der Waals surface area contributed by atoms with Crippen molar-refractivity contribution in [1.29, 1.82) is 0 Å². The second kappa shape index (κ2) is 7.82. The van der Waals surface area contributed by atoms with Gasteiger partial charge in [-0.2, -0.15) is 0 Å². The number of phenolic OH excluding ortho intramolecular Hbond substituents is 2. The Labute approximate surface area is 156 Å². The average Bonchev–Trinajstić information content (AvgIpc) is 2.60. The monoisotopic (exact) mass is 348 g/mol. The lowest BCUT2D eigenvalue weighted by Crippen LogP contribution is -2.18. The molecule has 0 fully saturated rings. The fraction of sp³-hybridized carbons (Fsp3) is 0.333. The molecule has 2 aromatic rings. The first-order chi connectivity index (χ1) is 12.5. The van der Waals surface area contributed by atoms with Gasteiger partial charge < -0.3 is 10.2 Å². The molecule has 1 aliphatic carbocycles. The first-order valence-electron chi connectivity index (χ1n) is 9.37. The van der Waals surface area contributed by atoms with E-state index in [1.807, 2.05) is 24.3 Å². The zero-order valence-corrected chi connectivity index (χ0v) is 15.7. The predicted octanol–water partition coefficient (Wildman–Crippen LogP) is 5.90. The van der Waals surface area contributed by atoms with Gasteiger partial charge in [0.1, 0.15) is 11.5 Å². The molecule has 0 spiro atoms. The van der Waals surface area contributed by atoms with E-state index in [0.717, 1.165) is 42.4 Å². The molecule has 2 N–H and O–H groups in total. The Hall–Kier alpha value is -2.48. The lowest BCUT2D eigenvalue weighted by atomic mass is 9.72. The number of allylic oxidation sites excluding steroid dienone is 3. The molecular formula is C24H28O2. The first kappa shape index (κ1) is 18.3. The molecule has 0 radical (unpaired) electrons. The van der Waals surface area contributed by atoms with E-state index in [-0.39, 0.29) is 17.4 Å². The van der Waals surface area contributed by atoms with Gasteiger partial charge >= 0.3 is 0 Å². The minimum absolute atomic E-state index is 0.118. The van der Waals surface area contributed by atoms with Crippen LogP contribution in [0, 0.1) is 5.92 Å². The summed E-state index contributed by atoms with van der Waals surface area (Å²) in [6.07, 6.45) is 6.07. The van der Waals surface area contributed by atoms with Crippen LogP contribution in [0.4, 0.5) is 0 Å². The van der Waals surface area contributed by atoms with Gasteiger partial charge in [0.25, 0.3) is 0 Å². The third-order valence-electron chi connectivity index (χ3n) is 5.47. The van der Waals surface area contributed by atoms with E-state index in [9.17, 15) is 10.2 Å². The summed E-state index contributed by atoms with van der Waals surface area (Å²) in [7, 11) is 0. The maximum atomic E-state index is 10.7. The largest absolute Gasteiger partial charge is 0.508 e. The summed E-state index contributed by atoms with van der Waals surface area (Å²) in [5.74, 6) is 0.755. The van der Waals surface area contributed by atoms with E-state index < -0.39 is 0 Å². The van der Waals surface area contributed by atoms with Crippen molar-refractivity contribution < 1.29 is 10.2 Å². The molecule has 2 atom stereocenters. The summed E-state index contributed by atoms with van der Waals surface area (Å²) in [6, 6.07) is 13.6. The van der Waals surface area contributed by atoms with Gasteiger partial charge in [-0.05, 0) is 62.6 Å². The highest BCUT2D eigenvalue weighted by molar-refractivity contribution is 5.50. The van der Waals surface area contributed by atoms with Crippen LogP contribution in [0.15, 0.2) is 66.3 Å². The van der Waals surface area contributed by atoms with E-state index in [1.54, 1.807) is 0 Å². The van der Waals surface area contributed by atoms with Crippen molar-refractivity contribution in [1.82, 2.24) is 0 Å². The molecule has 0 saturated carbocycles. The highest BCUT2D eigenvalue weighted by Crippen LogP contribution is 2.45. The van der Waals surface area contributed by atoms with Gasteiger partial charge in [0, 0.05) is 17.5 Å². The van der Waals surface area contributed by atoms with Gasteiger partial charge in [-0.1, -0.05) is 54.1 Å². The van der Waals surface area contributed by atoms with Crippen molar-refractivity contribution >= 4 is 0 Å². The minimum atomic E-state index is 0.118. The summed E-state index contributed by atoms with van der Waals surface area (Å²) in [4.78, 5) is 0. The Kier molecular flexibility index (Phi) is 5.51. The zero-order chi connectivity index (χ0) is 18.7. The van der Waals surface area contributed by atoms with Crippen molar-refractivity contribution in [2.45, 2.75) is 45.4 Å². The quantitative estimate of drug-likeness (QED) is 0.661. The summed E-state index contributed by atoms with van der Waals surface area (Å²) in [5.41, 5.74) is 5.74. The Morgan fingerprint density at radius 1 is 1.12 bits per heavy atom. The van der Waals surface area contributed by atoms with Crippen molar-refractivity contribution in [2.75, 3.05) is 0 Å². The van der Waals surface area contributed by atoms with Crippen LogP contribution in [0.1, 0.15) is 49.3 Å². The third-order valence-corrected chi connectivity index (χ3v) is 5.47. The molecule has 3 rings (SSSR count). The Balaban J connectivity index is 1.99. The van der Waals surface area contributed by atoms with Crippen LogP contribution < -0.4 is 0 Å². The topological polar surface area (TPSA) is 40.5 Å². The van der Waals surface area contributed by atoms with Crippen LogP contribution >= 0.6 is 0 Å². The number of hydrogen-bond donors (Lipinski definition) is 2. The highest BCUT2D eigenvalue weighted by Gasteiger charge is 2.29. The van der Waals surface area contributed by atoms with Crippen LogP contribution in [0.5, 0.6) is 11.5 Å². The molecule has 0 aromatic heterocycles. The van der Waals surface area contributed by atoms with Crippen LogP contribution in [-0.4, -0.2) is 10.2 Å². The number of aromatic hydroxyl groups is 2. The van der Waals surface area contributed by atoms with E-state index in [1.165, 1.54) is 17.2 Å². The fourth-order valence-electron chi connectivity index (χ4n) is 4.10. The van der Waals surface area contributed by atoms with E-state index in [2.05, 4.69) is 38.6 Å². The number of phenols is 2. The number of hydrogen-bond acceptors (Lipinski definition) is 2. The van der Waals surface area contributed by atoms with Crippen molar-refractivity contribution in [3.05, 3.63) is 83.0 Å². The average molecular weight is 348 g/mol. The van der Waals surface area contributed by atoms with E-state index in [4.69, 9.17) is 0 Å². The molecule has 2 aromatic carbocycles. The van der Waals surface area contributed by atoms with Crippen LogP contribution in [0.25, 0.3) is 0 Å². The standard InChI is InChI=1S/C24H28O2/c1-16(2)21-12-9-17(3)13-22(21)24-19(14-20(25)15-23(24)26)11-10-18-7-5-4-6-8-18/h4-8,13-15,21-22,25-26H,1,9-12H2,2-3H3. The molecule has 0 bridgehead atoms. The van der Waals surface area contributed by atoms with Crippen LogP contribution in [-0.2, 0) is 12.8 Å². The van der Waals surface area contributed by atoms with Crippen LogP contribution in [0.3, 0.4) is 0 Å². The fourth-order valence-corrected chi connectivity index (χ4v) is 4.10. The van der Waals surface area contributed by atoms with E-state index in [0.29, 0.717) is 5.92 Å². The minimum Gasteiger partial charge on any atom is -0.508 e. The molecule has 2 unspecified atom stereocenters. The van der Waals surface area contributed by atoms with Crippen molar-refractivity contribution in [3.63, 3.8) is 0 Å². The number of benzene rings is 2. The second-order valence-electron chi connectivity index (χ2n) is 7.55. The molecule has 26 heavy (non-hydrogen) atoms. The molecular weight excluding hydrogens is 320 g/mol. The van der Waals surface area contributed by atoms with Gasteiger partial charge in [0.2, 0.25) is 0 Å². The number of rotatable bonds is 5. The number of aryl methyl sites for hydroxylation is 2. The molecule has 0 saturated heterocycles. The van der Waals surface area contributed by atoms with Gasteiger partial charge in [0.05, 0.1) is 0 Å². The first-order valence-corrected chi connectivity index (χ1v) is 9.37. The Morgan fingerprint density at radius 3 is 2.54 bits per heavy atom. The third kappa shape index (κ3) is 4.01. The maximum Gasteiger partial charge on any atom is 0.123 e. The summed E-state index contributed by atoms with van der Waals surface area (Å²) in [6.45, 7) is 8.42. The Morgan fingerprint density at radius 2 is 1.85 bits per heavy atom. The summed E-state index contributed by atoms with van der Waals surface area (Å²) >= 11 is 0. The van der Waals surface area contributed by atoms with Gasteiger partial charge in [-0.15, -0.1) is 0 Å². The lowest BCUT2D eigenvalue weighted by Gasteiger charge is -2.32. The Bertz CT molecular complexity index is 818. The predicted molar refractivity (Wildman–Crippen MR) is 108 cm³/mol. The summed E-state index contributed by atoms with van der Waals surface area (Å²) < 4.78 is 0. The van der Waals surface area contributed by atoms with Crippen molar-refractivity contribution in [2.24, 2.45) is 5.92 Å². The van der Waals surface area contributed by atoms with Crippen molar-refractivity contribution in [3.8, 4) is 11.5 Å². The molecule has 0 amide bonds. The van der Waals surface area contributed by atoms with Gasteiger partial charge in [0.15, 0.2) is 0 Å². The SMILES string of the molecule is C=C(C)C1CCC(C)=CC1c1c(O)cc(O)cc1CCc1ccccc1. The molecule has 1 aliphatic rings. The molecule has 2 heteroatoms. The molecule has 0 aliphatic heterocycles. The second-order valence-corrected chi connectivity index (χ2v) is 7.55. The van der Waals surface area contributed by atoms with Crippen LogP contribution in [0.2, 0.25) is 0 Å². The van der Waals surface area contributed by atoms with Gasteiger partial charge in [-0.25, -0.2) is 0 Å². The molecule has 136 valence electrons. The normalized spacial score (nSPS) is 19.8. The smallest absolute Gasteiger partial charge is 0.123 e. The lowest BCUT2D eigenvalue weighted by molar-refractivity contribution is 0.423. The summed E-state index contributed by atoms with van der Waals surface area (Å²) in [5, 5.41) is 20.7. The van der Waals surface area contributed by atoms with Gasteiger partial charge in [-0.3, -0.25) is 0 Å². The molecule has 0 heterocycles. The zero-order valence-electron chi connectivity index (χ0n) is 15.7. The molecule has 2 nitrogen and oxygen atoms in total. The highest BCUT2D eigenvalue weighted by atomic mass is 16.3. The maximum absolute atomic E-state index is 10.7. The van der Waals surface area contributed by atoms with E-state index >= 15 is 0 Å².